The highest BCUT2D eigenvalue weighted by Crippen LogP contribution is 2.45. The first-order chi connectivity index (χ1) is 16.2. The van der Waals surface area contributed by atoms with Crippen molar-refractivity contribution in [2.75, 3.05) is 0 Å². The third-order valence-electron chi connectivity index (χ3n) is 7.86. The Balaban J connectivity index is 2.02. The first-order valence-electron chi connectivity index (χ1n) is 12.3. The molecule has 0 saturated heterocycles. The van der Waals surface area contributed by atoms with E-state index in [0.717, 1.165) is 0 Å². The van der Waals surface area contributed by atoms with Gasteiger partial charge in [0.1, 0.15) is 0 Å². The van der Waals surface area contributed by atoms with Gasteiger partial charge in [0.2, 0.25) is 0 Å². The number of rotatable bonds is 2. The minimum atomic E-state index is 1.29. The van der Waals surface area contributed by atoms with E-state index < -0.39 is 0 Å². The van der Waals surface area contributed by atoms with Crippen molar-refractivity contribution < 1.29 is 0 Å². The fourth-order valence-electron chi connectivity index (χ4n) is 5.44. The van der Waals surface area contributed by atoms with Crippen LogP contribution < -0.4 is 0 Å². The summed E-state index contributed by atoms with van der Waals surface area (Å²) in [5, 5.41) is 5.34. The van der Waals surface area contributed by atoms with Crippen LogP contribution in [0.1, 0.15) is 44.5 Å². The second-order valence-corrected chi connectivity index (χ2v) is 10.3. The van der Waals surface area contributed by atoms with Gasteiger partial charge in [0.15, 0.2) is 0 Å². The van der Waals surface area contributed by atoms with Crippen LogP contribution in [0.25, 0.3) is 43.8 Å². The molecule has 0 nitrogen and oxygen atoms in total. The molecule has 0 spiro atoms. The van der Waals surface area contributed by atoms with Gasteiger partial charge in [0.05, 0.1) is 0 Å². The highest BCUT2D eigenvalue weighted by atomic mass is 14.2. The molecule has 0 aliphatic rings. The van der Waals surface area contributed by atoms with Crippen LogP contribution in [0.5, 0.6) is 0 Å². The molecule has 0 fully saturated rings. The maximum Gasteiger partial charge on any atom is -0.00260 e. The van der Waals surface area contributed by atoms with Crippen molar-refractivity contribution in [3.63, 3.8) is 0 Å². The van der Waals surface area contributed by atoms with E-state index in [0.29, 0.717) is 0 Å². The topological polar surface area (TPSA) is 0 Å². The largest absolute Gasteiger partial charge is 0.0587 e. The van der Waals surface area contributed by atoms with Gasteiger partial charge in [-0.2, -0.15) is 0 Å². The van der Waals surface area contributed by atoms with E-state index in [1.54, 1.807) is 0 Å². The van der Waals surface area contributed by atoms with E-state index in [2.05, 4.69) is 116 Å². The predicted molar refractivity (Wildman–Crippen MR) is 150 cm³/mol. The third kappa shape index (κ3) is 3.53. The van der Waals surface area contributed by atoms with Crippen molar-refractivity contribution in [2.45, 2.75) is 55.4 Å². The molecule has 5 aromatic carbocycles. The van der Waals surface area contributed by atoms with Crippen LogP contribution >= 0.6 is 0 Å². The average Bonchev–Trinajstić information content (AvgIpc) is 2.78. The average molecular weight is 443 g/mol. The molecule has 0 N–H and O–H groups in total. The molecule has 0 aliphatic heterocycles. The number of hydrogen-bond donors (Lipinski definition) is 0. The Morgan fingerprint density at radius 3 is 1.03 bits per heavy atom. The Bertz CT molecular complexity index is 1500. The van der Waals surface area contributed by atoms with Crippen molar-refractivity contribution in [1.29, 1.82) is 0 Å². The Hall–Kier alpha value is -3.38. The number of fused-ring (bicyclic) bond motifs is 2. The molecule has 0 heterocycles. The van der Waals surface area contributed by atoms with Crippen LogP contribution in [-0.4, -0.2) is 0 Å². The zero-order chi connectivity index (χ0) is 24.3. The minimum absolute atomic E-state index is 1.29. The molecule has 0 radical (unpaired) electrons. The maximum atomic E-state index is 2.38. The Morgan fingerprint density at radius 1 is 0.353 bits per heavy atom. The fourth-order valence-corrected chi connectivity index (χ4v) is 5.44. The molecule has 5 rings (SSSR count). The smallest absolute Gasteiger partial charge is 0.00260 e. The molecule has 0 heteroatoms. The van der Waals surface area contributed by atoms with Gasteiger partial charge in [-0.05, 0) is 133 Å². The summed E-state index contributed by atoms with van der Waals surface area (Å²) < 4.78 is 0. The normalized spacial score (nSPS) is 11.5. The van der Waals surface area contributed by atoms with Crippen LogP contribution in [0.4, 0.5) is 0 Å². The second-order valence-electron chi connectivity index (χ2n) is 10.3. The number of aryl methyl sites for hydroxylation is 6. The van der Waals surface area contributed by atoms with E-state index in [4.69, 9.17) is 0 Å². The van der Waals surface area contributed by atoms with E-state index in [1.165, 1.54) is 88.3 Å². The summed E-state index contributed by atoms with van der Waals surface area (Å²) in [5.41, 5.74) is 16.1. The van der Waals surface area contributed by atoms with E-state index in [1.807, 2.05) is 0 Å². The molecule has 170 valence electrons. The van der Waals surface area contributed by atoms with Crippen molar-refractivity contribution in [3.05, 3.63) is 105 Å². The molecule has 0 amide bonds. The predicted octanol–water partition coefficient (Wildman–Crippen LogP) is 9.79. The first kappa shape index (κ1) is 22.4. The lowest BCUT2D eigenvalue weighted by Gasteiger charge is -2.20. The summed E-state index contributed by atoms with van der Waals surface area (Å²) in [5.74, 6) is 0. The SMILES string of the molecule is Cc1ccc2c(-c3cc(C)c(C)c(C)c3)c3ccc(C)cc3c(-c3cc(C)c(C)c(C)c3)c2c1. The van der Waals surface area contributed by atoms with Gasteiger partial charge in [0.25, 0.3) is 0 Å². The van der Waals surface area contributed by atoms with Gasteiger partial charge >= 0.3 is 0 Å². The highest BCUT2D eigenvalue weighted by Gasteiger charge is 2.18. The van der Waals surface area contributed by atoms with Crippen molar-refractivity contribution in [3.8, 4) is 22.3 Å². The molecule has 5 aromatic rings. The molecule has 0 aromatic heterocycles. The van der Waals surface area contributed by atoms with Crippen LogP contribution in [0.2, 0.25) is 0 Å². The fraction of sp³-hybridized carbons (Fsp3) is 0.235. The molecule has 0 aliphatic carbocycles. The van der Waals surface area contributed by atoms with Crippen LogP contribution in [0, 0.1) is 55.4 Å². The first-order valence-corrected chi connectivity index (χ1v) is 12.3. The van der Waals surface area contributed by atoms with Gasteiger partial charge in [-0.15, -0.1) is 0 Å². The number of benzene rings is 5. The molecule has 0 saturated carbocycles. The summed E-state index contributed by atoms with van der Waals surface area (Å²) >= 11 is 0. The zero-order valence-corrected chi connectivity index (χ0v) is 21.8. The van der Waals surface area contributed by atoms with Gasteiger partial charge < -0.3 is 0 Å². The molecule has 34 heavy (non-hydrogen) atoms. The lowest BCUT2D eigenvalue weighted by atomic mass is 9.83. The van der Waals surface area contributed by atoms with Gasteiger partial charge in [-0.25, -0.2) is 0 Å². The zero-order valence-electron chi connectivity index (χ0n) is 21.8. The summed E-state index contributed by atoms with van der Waals surface area (Å²) in [6.07, 6.45) is 0. The van der Waals surface area contributed by atoms with E-state index in [-0.39, 0.29) is 0 Å². The molecule has 0 unspecified atom stereocenters. The third-order valence-corrected chi connectivity index (χ3v) is 7.86. The summed E-state index contributed by atoms with van der Waals surface area (Å²) in [7, 11) is 0. The standard InChI is InChI=1S/C34H34/c1-19-9-11-29-31(13-19)34(28-17-23(5)26(8)24(6)18-28)32-14-20(2)10-12-30(32)33(29)27-15-21(3)25(7)22(4)16-27/h9-18H,1-8H3. The van der Waals surface area contributed by atoms with Crippen molar-refractivity contribution in [2.24, 2.45) is 0 Å². The van der Waals surface area contributed by atoms with E-state index in [9.17, 15) is 0 Å². The lowest BCUT2D eigenvalue weighted by molar-refractivity contribution is 1.27. The Kier molecular flexibility index (Phi) is 5.36. The van der Waals surface area contributed by atoms with Crippen molar-refractivity contribution in [1.82, 2.24) is 0 Å². The quantitative estimate of drug-likeness (QED) is 0.239. The van der Waals surface area contributed by atoms with Gasteiger partial charge in [0, 0.05) is 0 Å². The summed E-state index contributed by atoms with van der Waals surface area (Å²) in [6.45, 7) is 17.8. The van der Waals surface area contributed by atoms with Crippen molar-refractivity contribution >= 4 is 21.5 Å². The Morgan fingerprint density at radius 2 is 0.676 bits per heavy atom. The van der Waals surface area contributed by atoms with Gasteiger partial charge in [-0.1, -0.05) is 71.8 Å². The molecule has 0 bridgehead atoms. The lowest BCUT2D eigenvalue weighted by Crippen LogP contribution is -1.95. The highest BCUT2D eigenvalue weighted by molar-refractivity contribution is 6.21. The summed E-state index contributed by atoms with van der Waals surface area (Å²) in [6, 6.07) is 23.4. The van der Waals surface area contributed by atoms with Crippen LogP contribution in [0.15, 0.2) is 60.7 Å². The summed E-state index contributed by atoms with van der Waals surface area (Å²) in [4.78, 5) is 0. The van der Waals surface area contributed by atoms with E-state index >= 15 is 0 Å². The monoisotopic (exact) mass is 442 g/mol. The maximum absolute atomic E-state index is 2.38. The van der Waals surface area contributed by atoms with Crippen LogP contribution in [-0.2, 0) is 0 Å². The van der Waals surface area contributed by atoms with Crippen LogP contribution in [0.3, 0.4) is 0 Å². The second kappa shape index (κ2) is 8.13. The molecular weight excluding hydrogens is 408 g/mol. The molecular formula is C34H34. The minimum Gasteiger partial charge on any atom is -0.0587 e. The molecule has 0 atom stereocenters. The Labute approximate surface area is 204 Å². The number of hydrogen-bond acceptors (Lipinski definition) is 0. The van der Waals surface area contributed by atoms with Gasteiger partial charge in [-0.3, -0.25) is 0 Å².